The van der Waals surface area contributed by atoms with Gasteiger partial charge in [0.15, 0.2) is 0 Å². The first-order valence-electron chi connectivity index (χ1n) is 4.26. The number of nitrogens with two attached hydrogens (primary N) is 1. The van der Waals surface area contributed by atoms with Crippen LogP contribution in [0.2, 0.25) is 0 Å². The predicted molar refractivity (Wildman–Crippen MR) is 52.6 cm³/mol. The lowest BCUT2D eigenvalue weighted by Crippen LogP contribution is -2.09. The third-order valence-corrected chi connectivity index (χ3v) is 1.98. The van der Waals surface area contributed by atoms with Gasteiger partial charge in [0, 0.05) is 12.6 Å². The van der Waals surface area contributed by atoms with Gasteiger partial charge in [0.05, 0.1) is 17.6 Å². The van der Waals surface area contributed by atoms with Gasteiger partial charge in [-0.2, -0.15) is 0 Å². The number of alkyl halides is 1. The molecule has 1 aromatic carbocycles. The molecule has 0 spiro atoms. The highest BCUT2D eigenvalue weighted by atomic mass is 19.1. The summed E-state index contributed by atoms with van der Waals surface area (Å²) in [6.07, 6.45) is -1.56. The Bertz CT molecular complexity index is 370. The average molecular weight is 214 g/mol. The number of rotatable bonds is 4. The molecule has 1 aromatic rings. The van der Waals surface area contributed by atoms with Gasteiger partial charge < -0.3 is 10.5 Å². The van der Waals surface area contributed by atoms with Gasteiger partial charge in [0.2, 0.25) is 0 Å². The van der Waals surface area contributed by atoms with Crippen LogP contribution in [0.15, 0.2) is 18.2 Å². The van der Waals surface area contributed by atoms with E-state index in [1.54, 1.807) is 0 Å². The van der Waals surface area contributed by atoms with Gasteiger partial charge in [-0.1, -0.05) is 0 Å². The largest absolute Gasteiger partial charge is 0.497 e. The SMILES string of the molecule is COc1ccc([N+](=O)[O-])c(C(F)CN)c1. The second-order valence-electron chi connectivity index (χ2n) is 2.89. The minimum absolute atomic E-state index is 0.0538. The maximum absolute atomic E-state index is 13.3. The van der Waals surface area contributed by atoms with E-state index in [0.29, 0.717) is 5.75 Å². The number of halogens is 1. The molecular formula is C9H11FN2O3. The van der Waals surface area contributed by atoms with Crippen molar-refractivity contribution in [3.63, 3.8) is 0 Å². The third-order valence-electron chi connectivity index (χ3n) is 1.98. The number of ether oxygens (including phenoxy) is 1. The first kappa shape index (κ1) is 11.4. The van der Waals surface area contributed by atoms with E-state index in [4.69, 9.17) is 10.5 Å². The average Bonchev–Trinajstić information content (AvgIpc) is 2.26. The quantitative estimate of drug-likeness (QED) is 0.609. The zero-order valence-electron chi connectivity index (χ0n) is 8.14. The molecule has 1 atom stereocenters. The molecule has 0 bridgehead atoms. The monoisotopic (exact) mass is 214 g/mol. The van der Waals surface area contributed by atoms with Gasteiger partial charge in [-0.05, 0) is 12.1 Å². The summed E-state index contributed by atoms with van der Waals surface area (Å²) < 4.78 is 18.2. The van der Waals surface area contributed by atoms with Crippen LogP contribution in [0.1, 0.15) is 11.7 Å². The van der Waals surface area contributed by atoms with Crippen molar-refractivity contribution in [2.75, 3.05) is 13.7 Å². The minimum Gasteiger partial charge on any atom is -0.497 e. The fourth-order valence-electron chi connectivity index (χ4n) is 1.20. The van der Waals surface area contributed by atoms with Crippen LogP contribution >= 0.6 is 0 Å². The van der Waals surface area contributed by atoms with E-state index in [1.807, 2.05) is 0 Å². The molecule has 1 unspecified atom stereocenters. The van der Waals surface area contributed by atoms with E-state index in [-0.39, 0.29) is 17.8 Å². The molecular weight excluding hydrogens is 203 g/mol. The summed E-state index contributed by atoms with van der Waals surface area (Å²) in [7, 11) is 1.40. The lowest BCUT2D eigenvalue weighted by Gasteiger charge is -2.08. The van der Waals surface area contributed by atoms with Crippen LogP contribution in [0.5, 0.6) is 5.75 Å². The number of benzene rings is 1. The molecule has 0 aliphatic heterocycles. The van der Waals surface area contributed by atoms with E-state index in [2.05, 4.69) is 0 Å². The summed E-state index contributed by atoms with van der Waals surface area (Å²) >= 11 is 0. The third kappa shape index (κ3) is 2.41. The Morgan fingerprint density at radius 2 is 2.33 bits per heavy atom. The highest BCUT2D eigenvalue weighted by molar-refractivity contribution is 5.46. The Balaban J connectivity index is 3.22. The highest BCUT2D eigenvalue weighted by Crippen LogP contribution is 2.30. The van der Waals surface area contributed by atoms with Crippen molar-refractivity contribution in [1.29, 1.82) is 0 Å². The molecule has 2 N–H and O–H groups in total. The van der Waals surface area contributed by atoms with Crippen LogP contribution in [0, 0.1) is 10.1 Å². The van der Waals surface area contributed by atoms with Crippen molar-refractivity contribution >= 4 is 5.69 Å². The molecule has 0 saturated heterocycles. The zero-order valence-corrected chi connectivity index (χ0v) is 8.14. The number of methoxy groups -OCH3 is 1. The summed E-state index contributed by atoms with van der Waals surface area (Å²) in [6, 6.07) is 3.90. The minimum atomic E-state index is -1.56. The van der Waals surface area contributed by atoms with E-state index >= 15 is 0 Å². The maximum Gasteiger partial charge on any atom is 0.275 e. The van der Waals surface area contributed by atoms with Crippen molar-refractivity contribution < 1.29 is 14.1 Å². The van der Waals surface area contributed by atoms with Crippen LogP contribution in [-0.2, 0) is 0 Å². The Labute approximate surface area is 85.8 Å². The molecule has 1 rings (SSSR count). The van der Waals surface area contributed by atoms with E-state index in [1.165, 1.54) is 25.3 Å². The van der Waals surface area contributed by atoms with Gasteiger partial charge >= 0.3 is 0 Å². The predicted octanol–water partition coefficient (Wildman–Crippen LogP) is 1.57. The smallest absolute Gasteiger partial charge is 0.275 e. The number of nitrogens with zero attached hydrogens (tertiary/aromatic N) is 1. The topological polar surface area (TPSA) is 78.4 Å². The number of hydrogen-bond donors (Lipinski definition) is 1. The van der Waals surface area contributed by atoms with Gasteiger partial charge in [0.1, 0.15) is 11.9 Å². The molecule has 0 heterocycles. The van der Waals surface area contributed by atoms with Crippen molar-refractivity contribution in [3.8, 4) is 5.75 Å². The van der Waals surface area contributed by atoms with Crippen molar-refractivity contribution in [1.82, 2.24) is 0 Å². The Morgan fingerprint density at radius 1 is 1.67 bits per heavy atom. The summed E-state index contributed by atoms with van der Waals surface area (Å²) in [6.45, 7) is -0.298. The molecule has 6 heteroatoms. The first-order valence-corrected chi connectivity index (χ1v) is 4.26. The number of nitro benzene ring substituents is 1. The normalized spacial score (nSPS) is 12.2. The van der Waals surface area contributed by atoms with Crippen molar-refractivity contribution in [2.24, 2.45) is 5.73 Å². The van der Waals surface area contributed by atoms with Gasteiger partial charge in [-0.15, -0.1) is 0 Å². The molecule has 82 valence electrons. The Morgan fingerprint density at radius 3 is 2.80 bits per heavy atom. The van der Waals surface area contributed by atoms with Crippen LogP contribution in [0.25, 0.3) is 0 Å². The lowest BCUT2D eigenvalue weighted by molar-refractivity contribution is -0.386. The van der Waals surface area contributed by atoms with Crippen LogP contribution < -0.4 is 10.5 Å². The molecule has 0 fully saturated rings. The van der Waals surface area contributed by atoms with Crippen LogP contribution in [-0.4, -0.2) is 18.6 Å². The lowest BCUT2D eigenvalue weighted by atomic mass is 10.1. The Kier molecular flexibility index (Phi) is 3.56. The summed E-state index contributed by atoms with van der Waals surface area (Å²) in [5.41, 5.74) is 4.79. The van der Waals surface area contributed by atoms with Gasteiger partial charge in [-0.3, -0.25) is 10.1 Å². The molecule has 5 nitrogen and oxygen atoms in total. The second-order valence-corrected chi connectivity index (χ2v) is 2.89. The summed E-state index contributed by atoms with van der Waals surface area (Å²) in [5.74, 6) is 0.367. The standard InChI is InChI=1S/C9H11FN2O3/c1-15-6-2-3-9(12(13)14)7(4-6)8(10)5-11/h2-4,8H,5,11H2,1H3. The van der Waals surface area contributed by atoms with Crippen LogP contribution in [0.3, 0.4) is 0 Å². The number of hydrogen-bond acceptors (Lipinski definition) is 4. The number of nitro groups is 1. The first-order chi connectivity index (χ1) is 7.10. The molecule has 15 heavy (non-hydrogen) atoms. The maximum atomic E-state index is 13.3. The summed E-state index contributed by atoms with van der Waals surface area (Å²) in [4.78, 5) is 9.96. The molecule has 0 amide bonds. The van der Waals surface area contributed by atoms with Crippen LogP contribution in [0.4, 0.5) is 10.1 Å². The molecule has 0 aliphatic carbocycles. The van der Waals surface area contributed by atoms with E-state index < -0.39 is 11.1 Å². The molecule has 0 aliphatic rings. The second kappa shape index (κ2) is 4.70. The van der Waals surface area contributed by atoms with E-state index in [9.17, 15) is 14.5 Å². The Hall–Kier alpha value is -1.69. The molecule has 0 radical (unpaired) electrons. The zero-order chi connectivity index (χ0) is 11.4. The van der Waals surface area contributed by atoms with Gasteiger partial charge in [-0.25, -0.2) is 4.39 Å². The highest BCUT2D eigenvalue weighted by Gasteiger charge is 2.21. The fourth-order valence-corrected chi connectivity index (χ4v) is 1.20. The van der Waals surface area contributed by atoms with E-state index in [0.717, 1.165) is 0 Å². The van der Waals surface area contributed by atoms with Crippen molar-refractivity contribution in [3.05, 3.63) is 33.9 Å². The van der Waals surface area contributed by atoms with Crippen molar-refractivity contribution in [2.45, 2.75) is 6.17 Å². The molecule has 0 saturated carbocycles. The fraction of sp³-hybridized carbons (Fsp3) is 0.333. The summed E-state index contributed by atoms with van der Waals surface area (Å²) in [5, 5.41) is 10.6. The molecule has 0 aromatic heterocycles. The van der Waals surface area contributed by atoms with Gasteiger partial charge in [0.25, 0.3) is 5.69 Å².